The number of nitrogens with one attached hydrogen (secondary N) is 2. The van der Waals surface area contributed by atoms with E-state index in [1.54, 1.807) is 0 Å². The number of amides is 1. The standard InChI is InChI=1S/C21H34N2O3S/c1-16-10-12-19(13-11-16)23-27(25,26)15-20(24)22-17(2)14-21(3,4)18-8-6-5-7-9-18/h5-9,16-17,19,23H,10-15H2,1-4H3,(H,22,24). The molecule has 0 radical (unpaired) electrons. The molecule has 1 saturated carbocycles. The van der Waals surface area contributed by atoms with Crippen LogP contribution in [0.2, 0.25) is 0 Å². The summed E-state index contributed by atoms with van der Waals surface area (Å²) in [6, 6.07) is 10.00. The van der Waals surface area contributed by atoms with Gasteiger partial charge >= 0.3 is 0 Å². The van der Waals surface area contributed by atoms with Crippen molar-refractivity contribution in [2.75, 3.05) is 5.75 Å². The first-order valence-corrected chi connectivity index (χ1v) is 11.6. The number of hydrogen-bond acceptors (Lipinski definition) is 3. The van der Waals surface area contributed by atoms with Crippen LogP contribution in [0.4, 0.5) is 0 Å². The van der Waals surface area contributed by atoms with Crippen LogP contribution in [0.15, 0.2) is 30.3 Å². The highest BCUT2D eigenvalue weighted by atomic mass is 32.2. The normalized spacial score (nSPS) is 22.2. The Morgan fingerprint density at radius 2 is 1.74 bits per heavy atom. The van der Waals surface area contributed by atoms with Crippen LogP contribution in [0.1, 0.15) is 65.4 Å². The molecular formula is C21H34N2O3S. The third-order valence-electron chi connectivity index (χ3n) is 5.46. The van der Waals surface area contributed by atoms with Crippen molar-refractivity contribution in [3.63, 3.8) is 0 Å². The Bertz CT molecular complexity index is 708. The van der Waals surface area contributed by atoms with Crippen LogP contribution in [0.5, 0.6) is 0 Å². The van der Waals surface area contributed by atoms with E-state index in [2.05, 4.69) is 42.9 Å². The van der Waals surface area contributed by atoms with Crippen LogP contribution in [0.3, 0.4) is 0 Å². The third kappa shape index (κ3) is 7.26. The first-order valence-electron chi connectivity index (χ1n) is 9.92. The van der Waals surface area contributed by atoms with Crippen molar-refractivity contribution < 1.29 is 13.2 Å². The van der Waals surface area contributed by atoms with Crippen LogP contribution in [0.25, 0.3) is 0 Å². The number of benzene rings is 1. The van der Waals surface area contributed by atoms with Gasteiger partial charge in [-0.2, -0.15) is 0 Å². The molecule has 0 heterocycles. The second-order valence-electron chi connectivity index (χ2n) is 8.76. The van der Waals surface area contributed by atoms with Gasteiger partial charge < -0.3 is 5.32 Å². The first kappa shape index (κ1) is 21.9. The summed E-state index contributed by atoms with van der Waals surface area (Å²) in [4.78, 5) is 12.3. The molecule has 1 unspecified atom stereocenters. The van der Waals surface area contributed by atoms with Crippen LogP contribution < -0.4 is 10.0 Å². The summed E-state index contributed by atoms with van der Waals surface area (Å²) in [5.74, 6) is -0.291. The zero-order valence-corrected chi connectivity index (χ0v) is 17.8. The molecule has 0 aliphatic heterocycles. The van der Waals surface area contributed by atoms with Gasteiger partial charge in [0.15, 0.2) is 0 Å². The van der Waals surface area contributed by atoms with E-state index in [0.717, 1.165) is 32.1 Å². The van der Waals surface area contributed by atoms with Crippen molar-refractivity contribution in [3.8, 4) is 0 Å². The van der Waals surface area contributed by atoms with Crippen molar-refractivity contribution >= 4 is 15.9 Å². The molecule has 6 heteroatoms. The van der Waals surface area contributed by atoms with Crippen molar-refractivity contribution in [2.45, 2.75) is 77.3 Å². The predicted molar refractivity (Wildman–Crippen MR) is 110 cm³/mol. The SMILES string of the molecule is CC1CCC(NS(=O)(=O)CC(=O)NC(C)CC(C)(C)c2ccccc2)CC1. The lowest BCUT2D eigenvalue weighted by Crippen LogP contribution is -2.45. The highest BCUT2D eigenvalue weighted by Gasteiger charge is 2.27. The molecule has 1 amide bonds. The molecule has 1 atom stereocenters. The summed E-state index contributed by atoms with van der Waals surface area (Å²) in [6.45, 7) is 8.38. The van der Waals surface area contributed by atoms with Gasteiger partial charge in [-0.1, -0.05) is 51.1 Å². The number of rotatable bonds is 8. The number of sulfonamides is 1. The first-order chi connectivity index (χ1) is 12.6. The predicted octanol–water partition coefficient (Wildman–Crippen LogP) is 3.36. The Balaban J connectivity index is 1.83. The second kappa shape index (κ2) is 9.20. The number of carbonyl (C=O) groups is 1. The number of carbonyl (C=O) groups excluding carboxylic acids is 1. The third-order valence-corrected chi connectivity index (χ3v) is 6.80. The fraction of sp³-hybridized carbons (Fsp3) is 0.667. The van der Waals surface area contributed by atoms with E-state index in [4.69, 9.17) is 0 Å². The molecule has 1 aliphatic carbocycles. The van der Waals surface area contributed by atoms with Crippen molar-refractivity contribution in [3.05, 3.63) is 35.9 Å². The van der Waals surface area contributed by atoms with E-state index in [-0.39, 0.29) is 17.5 Å². The Labute approximate surface area is 164 Å². The molecule has 2 N–H and O–H groups in total. The second-order valence-corrected chi connectivity index (χ2v) is 10.5. The maximum Gasteiger partial charge on any atom is 0.236 e. The Morgan fingerprint density at radius 3 is 2.33 bits per heavy atom. The minimum Gasteiger partial charge on any atom is -0.353 e. The van der Waals surface area contributed by atoms with Gasteiger partial charge in [-0.05, 0) is 55.9 Å². The molecular weight excluding hydrogens is 360 g/mol. The Hall–Kier alpha value is -1.40. The van der Waals surface area contributed by atoms with E-state index in [1.807, 2.05) is 25.1 Å². The molecule has 2 rings (SSSR count). The maximum absolute atomic E-state index is 12.3. The smallest absolute Gasteiger partial charge is 0.236 e. The van der Waals surface area contributed by atoms with E-state index in [9.17, 15) is 13.2 Å². The van der Waals surface area contributed by atoms with Crippen LogP contribution in [0, 0.1) is 5.92 Å². The summed E-state index contributed by atoms with van der Waals surface area (Å²) in [6.07, 6.45) is 4.50. The van der Waals surface area contributed by atoms with Gasteiger partial charge in [0, 0.05) is 12.1 Å². The van der Waals surface area contributed by atoms with Crippen molar-refractivity contribution in [1.29, 1.82) is 0 Å². The van der Waals surface area contributed by atoms with Crippen LogP contribution in [-0.2, 0) is 20.2 Å². The van der Waals surface area contributed by atoms with Crippen molar-refractivity contribution in [1.82, 2.24) is 10.0 Å². The molecule has 1 aromatic rings. The largest absolute Gasteiger partial charge is 0.353 e. The summed E-state index contributed by atoms with van der Waals surface area (Å²) in [5, 5.41) is 2.85. The summed E-state index contributed by atoms with van der Waals surface area (Å²) >= 11 is 0. The van der Waals surface area contributed by atoms with E-state index < -0.39 is 21.7 Å². The lowest BCUT2D eigenvalue weighted by atomic mass is 9.79. The van der Waals surface area contributed by atoms with E-state index in [0.29, 0.717) is 5.92 Å². The van der Waals surface area contributed by atoms with Crippen LogP contribution in [-0.4, -0.2) is 32.2 Å². The number of hydrogen-bond donors (Lipinski definition) is 2. The quantitative estimate of drug-likeness (QED) is 0.710. The van der Waals surface area contributed by atoms with Gasteiger partial charge in [0.05, 0.1) is 0 Å². The molecule has 0 aromatic heterocycles. The van der Waals surface area contributed by atoms with E-state index >= 15 is 0 Å². The zero-order valence-electron chi connectivity index (χ0n) is 17.0. The maximum atomic E-state index is 12.3. The molecule has 1 aliphatic rings. The highest BCUT2D eigenvalue weighted by Crippen LogP contribution is 2.28. The molecule has 0 spiro atoms. The lowest BCUT2D eigenvalue weighted by molar-refractivity contribution is -0.119. The fourth-order valence-electron chi connectivity index (χ4n) is 3.99. The highest BCUT2D eigenvalue weighted by molar-refractivity contribution is 7.90. The van der Waals surface area contributed by atoms with Gasteiger partial charge in [0.25, 0.3) is 0 Å². The molecule has 0 bridgehead atoms. The van der Waals surface area contributed by atoms with Crippen molar-refractivity contribution in [2.24, 2.45) is 5.92 Å². The summed E-state index contributed by atoms with van der Waals surface area (Å²) < 4.78 is 27.3. The van der Waals surface area contributed by atoms with Gasteiger partial charge in [0.2, 0.25) is 15.9 Å². The molecule has 152 valence electrons. The molecule has 0 saturated heterocycles. The molecule has 1 fully saturated rings. The minimum atomic E-state index is -3.60. The topological polar surface area (TPSA) is 75.3 Å². The monoisotopic (exact) mass is 394 g/mol. The molecule has 27 heavy (non-hydrogen) atoms. The van der Waals surface area contributed by atoms with Gasteiger partial charge in [0.1, 0.15) is 5.75 Å². The zero-order chi connectivity index (χ0) is 20.1. The Kier molecular flexibility index (Phi) is 7.46. The molecule has 5 nitrogen and oxygen atoms in total. The van der Waals surface area contributed by atoms with E-state index in [1.165, 1.54) is 5.56 Å². The average molecular weight is 395 g/mol. The van der Waals surface area contributed by atoms with Gasteiger partial charge in [-0.15, -0.1) is 0 Å². The van der Waals surface area contributed by atoms with Gasteiger partial charge in [-0.3, -0.25) is 4.79 Å². The average Bonchev–Trinajstić information content (AvgIpc) is 2.56. The van der Waals surface area contributed by atoms with Gasteiger partial charge in [-0.25, -0.2) is 13.1 Å². The van der Waals surface area contributed by atoms with Crippen LogP contribution >= 0.6 is 0 Å². The minimum absolute atomic E-state index is 0.0339. The Morgan fingerprint density at radius 1 is 1.15 bits per heavy atom. The summed E-state index contributed by atoms with van der Waals surface area (Å²) in [7, 11) is -3.60. The molecule has 1 aromatic carbocycles. The summed E-state index contributed by atoms with van der Waals surface area (Å²) in [5.41, 5.74) is 1.09. The lowest BCUT2D eigenvalue weighted by Gasteiger charge is -2.29. The fourth-order valence-corrected chi connectivity index (χ4v) is 5.24.